The van der Waals surface area contributed by atoms with Crippen LogP contribution in [-0.4, -0.2) is 21.9 Å². The summed E-state index contributed by atoms with van der Waals surface area (Å²) in [5.74, 6) is 0.829. The number of para-hydroxylation sites is 1. The molecular formula is C18H15N3O2. The summed E-state index contributed by atoms with van der Waals surface area (Å²) in [4.78, 5) is 12.0. The number of hydrogen-bond donors (Lipinski definition) is 1. The van der Waals surface area contributed by atoms with Crippen molar-refractivity contribution in [3.63, 3.8) is 0 Å². The Morgan fingerprint density at radius 2 is 1.91 bits per heavy atom. The Labute approximate surface area is 132 Å². The summed E-state index contributed by atoms with van der Waals surface area (Å²) in [5.41, 5.74) is 3.35. The van der Waals surface area contributed by atoms with E-state index in [1.54, 1.807) is 7.11 Å². The number of benzene rings is 2. The predicted octanol–water partition coefficient (Wildman–Crippen LogP) is 2.89. The summed E-state index contributed by atoms with van der Waals surface area (Å²) >= 11 is 0. The zero-order chi connectivity index (χ0) is 15.8. The molecule has 1 N–H and O–H groups in total. The molecule has 5 heteroatoms. The lowest BCUT2D eigenvalue weighted by atomic mass is 10.1. The van der Waals surface area contributed by atoms with E-state index in [1.807, 2.05) is 54.7 Å². The lowest BCUT2D eigenvalue weighted by Gasteiger charge is -2.14. The number of aromatic amines is 1. The van der Waals surface area contributed by atoms with Gasteiger partial charge in [-0.2, -0.15) is 5.10 Å². The van der Waals surface area contributed by atoms with Crippen LogP contribution in [-0.2, 0) is 6.54 Å². The zero-order valence-corrected chi connectivity index (χ0v) is 12.6. The molecule has 0 atom stereocenters. The fraction of sp³-hybridized carbons (Fsp3) is 0.111. The Hall–Kier alpha value is -3.08. The van der Waals surface area contributed by atoms with Gasteiger partial charge in [-0.15, -0.1) is 0 Å². The second-order valence-corrected chi connectivity index (χ2v) is 5.44. The van der Waals surface area contributed by atoms with E-state index in [1.165, 1.54) is 0 Å². The van der Waals surface area contributed by atoms with Crippen molar-refractivity contribution in [2.24, 2.45) is 0 Å². The second-order valence-electron chi connectivity index (χ2n) is 5.44. The standard InChI is InChI=1S/C18H15N3O2/c1-23-13-8-6-12(7-9-13)10-21-11-15-17(19-20-18(15)22)14-4-2-3-5-16(14)21/h2-9,11H,10H2,1H3,(H,20,22). The molecule has 0 aliphatic carbocycles. The SMILES string of the molecule is COc1ccc(Cn2cc3c(=O)[nH]nc-3c3ccccc32)cc1. The van der Waals surface area contributed by atoms with E-state index in [0.717, 1.165) is 27.9 Å². The number of nitrogens with one attached hydrogen (secondary N) is 1. The monoisotopic (exact) mass is 305 g/mol. The van der Waals surface area contributed by atoms with Crippen LogP contribution in [0.5, 0.6) is 5.75 Å². The van der Waals surface area contributed by atoms with Gasteiger partial charge in [0.05, 0.1) is 18.2 Å². The largest absolute Gasteiger partial charge is 0.497 e. The van der Waals surface area contributed by atoms with E-state index in [0.29, 0.717) is 12.1 Å². The summed E-state index contributed by atoms with van der Waals surface area (Å²) in [6, 6.07) is 15.9. The number of nitrogens with zero attached hydrogens (tertiary/aromatic N) is 2. The molecule has 0 fully saturated rings. The molecule has 4 rings (SSSR count). The molecule has 114 valence electrons. The van der Waals surface area contributed by atoms with Crippen LogP contribution in [0.25, 0.3) is 22.2 Å². The average Bonchev–Trinajstić information content (AvgIpc) is 2.97. The minimum atomic E-state index is -0.158. The molecule has 2 aliphatic heterocycles. The number of fused-ring (bicyclic) bond motifs is 3. The lowest BCUT2D eigenvalue weighted by Crippen LogP contribution is -2.07. The van der Waals surface area contributed by atoms with Crippen LogP contribution in [0, 0.1) is 0 Å². The van der Waals surface area contributed by atoms with Gasteiger partial charge in [0.2, 0.25) is 0 Å². The molecule has 2 aromatic rings. The molecule has 5 nitrogen and oxygen atoms in total. The molecule has 0 saturated carbocycles. The molecule has 2 aromatic carbocycles. The Balaban J connectivity index is 1.88. The highest BCUT2D eigenvalue weighted by Gasteiger charge is 2.16. The predicted molar refractivity (Wildman–Crippen MR) is 89.1 cm³/mol. The van der Waals surface area contributed by atoms with Gasteiger partial charge in [-0.05, 0) is 23.8 Å². The van der Waals surface area contributed by atoms with E-state index in [9.17, 15) is 4.79 Å². The lowest BCUT2D eigenvalue weighted by molar-refractivity contribution is 0.414. The maximum Gasteiger partial charge on any atom is 0.275 e. The van der Waals surface area contributed by atoms with Crippen LogP contribution in [0.2, 0.25) is 0 Å². The van der Waals surface area contributed by atoms with Crippen molar-refractivity contribution in [2.45, 2.75) is 6.54 Å². The van der Waals surface area contributed by atoms with Gasteiger partial charge < -0.3 is 9.30 Å². The van der Waals surface area contributed by atoms with E-state index in [-0.39, 0.29) is 5.56 Å². The van der Waals surface area contributed by atoms with Crippen LogP contribution in [0.1, 0.15) is 5.56 Å². The molecular weight excluding hydrogens is 290 g/mol. The van der Waals surface area contributed by atoms with Crippen LogP contribution in [0.3, 0.4) is 0 Å². The molecule has 0 radical (unpaired) electrons. The third-order valence-corrected chi connectivity index (χ3v) is 4.03. The van der Waals surface area contributed by atoms with Gasteiger partial charge in [-0.1, -0.05) is 30.3 Å². The fourth-order valence-electron chi connectivity index (χ4n) is 2.87. The molecule has 0 saturated heterocycles. The van der Waals surface area contributed by atoms with Crippen molar-refractivity contribution >= 4 is 10.9 Å². The Kier molecular flexibility index (Phi) is 3.12. The molecule has 0 amide bonds. The van der Waals surface area contributed by atoms with Crippen molar-refractivity contribution in [1.29, 1.82) is 0 Å². The van der Waals surface area contributed by atoms with E-state index < -0.39 is 0 Å². The normalized spacial score (nSPS) is 11.2. The molecule has 2 aliphatic rings. The summed E-state index contributed by atoms with van der Waals surface area (Å²) in [6.45, 7) is 0.672. The van der Waals surface area contributed by atoms with Gasteiger partial charge in [0.15, 0.2) is 0 Å². The number of ether oxygens (including phenoxy) is 1. The first kappa shape index (κ1) is 13.6. The first-order chi connectivity index (χ1) is 11.3. The summed E-state index contributed by atoms with van der Waals surface area (Å²) in [7, 11) is 1.65. The number of methoxy groups -OCH3 is 1. The Bertz CT molecular complexity index is 999. The van der Waals surface area contributed by atoms with Crippen molar-refractivity contribution < 1.29 is 4.74 Å². The van der Waals surface area contributed by atoms with Crippen LogP contribution in [0.15, 0.2) is 59.5 Å². The number of aromatic nitrogens is 3. The summed E-state index contributed by atoms with van der Waals surface area (Å²) in [5, 5.41) is 7.66. The average molecular weight is 305 g/mol. The van der Waals surface area contributed by atoms with Crippen LogP contribution < -0.4 is 10.3 Å². The first-order valence-corrected chi connectivity index (χ1v) is 7.35. The maximum absolute atomic E-state index is 12.0. The second kappa shape index (κ2) is 5.28. The number of hydrogen-bond acceptors (Lipinski definition) is 3. The fourth-order valence-corrected chi connectivity index (χ4v) is 2.87. The van der Waals surface area contributed by atoms with Crippen molar-refractivity contribution in [3.8, 4) is 17.0 Å². The maximum atomic E-state index is 12.0. The Morgan fingerprint density at radius 1 is 1.13 bits per heavy atom. The third-order valence-electron chi connectivity index (χ3n) is 4.03. The summed E-state index contributed by atoms with van der Waals surface area (Å²) in [6.07, 6.45) is 1.87. The highest BCUT2D eigenvalue weighted by atomic mass is 16.5. The van der Waals surface area contributed by atoms with E-state index in [2.05, 4.69) is 14.8 Å². The minimum absolute atomic E-state index is 0.158. The highest BCUT2D eigenvalue weighted by molar-refractivity contribution is 5.93. The Morgan fingerprint density at radius 3 is 2.70 bits per heavy atom. The molecule has 23 heavy (non-hydrogen) atoms. The van der Waals surface area contributed by atoms with Gasteiger partial charge in [-0.3, -0.25) is 4.79 Å². The number of pyridine rings is 1. The van der Waals surface area contributed by atoms with Gasteiger partial charge in [0.25, 0.3) is 5.56 Å². The third kappa shape index (κ3) is 2.26. The van der Waals surface area contributed by atoms with Crippen molar-refractivity contribution in [3.05, 3.63) is 70.6 Å². The smallest absolute Gasteiger partial charge is 0.275 e. The minimum Gasteiger partial charge on any atom is -0.497 e. The quantitative estimate of drug-likeness (QED) is 0.633. The van der Waals surface area contributed by atoms with Crippen LogP contribution >= 0.6 is 0 Å². The number of rotatable bonds is 3. The molecule has 0 bridgehead atoms. The van der Waals surface area contributed by atoms with Crippen LogP contribution in [0.4, 0.5) is 0 Å². The van der Waals surface area contributed by atoms with Gasteiger partial charge >= 0.3 is 0 Å². The van der Waals surface area contributed by atoms with Crippen molar-refractivity contribution in [1.82, 2.24) is 14.8 Å². The zero-order valence-electron chi connectivity index (χ0n) is 12.6. The molecule has 0 unspecified atom stereocenters. The van der Waals surface area contributed by atoms with Crippen molar-refractivity contribution in [2.75, 3.05) is 7.11 Å². The van der Waals surface area contributed by atoms with Gasteiger partial charge in [0.1, 0.15) is 11.4 Å². The molecule has 2 heterocycles. The summed E-state index contributed by atoms with van der Waals surface area (Å²) < 4.78 is 7.27. The van der Waals surface area contributed by atoms with Gasteiger partial charge in [0, 0.05) is 18.1 Å². The number of H-pyrrole nitrogens is 1. The molecule has 0 spiro atoms. The highest BCUT2D eigenvalue weighted by Crippen LogP contribution is 2.27. The van der Waals surface area contributed by atoms with E-state index >= 15 is 0 Å². The molecule has 0 aromatic heterocycles. The van der Waals surface area contributed by atoms with Gasteiger partial charge in [-0.25, -0.2) is 5.10 Å². The first-order valence-electron chi connectivity index (χ1n) is 7.35. The topological polar surface area (TPSA) is 59.9 Å². The van der Waals surface area contributed by atoms with E-state index in [4.69, 9.17) is 4.74 Å².